The molecule has 1 aliphatic carbocycles. The largest absolute Gasteiger partial charge is 0.255 e. The van der Waals surface area contributed by atoms with Crippen molar-refractivity contribution in [2.75, 3.05) is 0 Å². The van der Waals surface area contributed by atoms with E-state index < -0.39 is 0 Å². The average Bonchev–Trinajstić information content (AvgIpc) is 2.74. The molecule has 2 aromatic rings. The number of aromatic nitrogens is 1. The molecule has 0 saturated heterocycles. The van der Waals surface area contributed by atoms with Gasteiger partial charge in [0.2, 0.25) is 0 Å². The lowest BCUT2D eigenvalue weighted by Crippen LogP contribution is -2.23. The molecule has 0 fully saturated rings. The number of halogens is 2. The zero-order valence-corrected chi connectivity index (χ0v) is 13.9. The Hall–Kier alpha value is -0.610. The van der Waals surface area contributed by atoms with Gasteiger partial charge in [0.25, 0.3) is 0 Å². The minimum atomic E-state index is 0.0250. The number of nitrogens with zero attached hydrogens (tertiary/aromatic N) is 1. The van der Waals surface area contributed by atoms with Gasteiger partial charge in [0, 0.05) is 22.7 Å². The van der Waals surface area contributed by atoms with Gasteiger partial charge in [-0.05, 0) is 41.0 Å². The Balaban J connectivity index is 2.44. The van der Waals surface area contributed by atoms with Crippen molar-refractivity contribution >= 4 is 34.2 Å². The molecule has 0 bridgehead atoms. The van der Waals surface area contributed by atoms with Gasteiger partial charge in [0.1, 0.15) is 0 Å². The summed E-state index contributed by atoms with van der Waals surface area (Å²) < 4.78 is 1.04. The average molecular weight is 384 g/mol. The third kappa shape index (κ3) is 1.69. The van der Waals surface area contributed by atoms with Gasteiger partial charge in [0.05, 0.1) is 14.3 Å². The molecule has 1 aromatic carbocycles. The van der Waals surface area contributed by atoms with Gasteiger partial charge in [-0.2, -0.15) is 0 Å². The highest BCUT2D eigenvalue weighted by molar-refractivity contribution is 14.1. The lowest BCUT2D eigenvalue weighted by molar-refractivity contribution is 0.489. The minimum Gasteiger partial charge on any atom is -0.255 e. The van der Waals surface area contributed by atoms with Crippen molar-refractivity contribution < 1.29 is 0 Å². The van der Waals surface area contributed by atoms with Crippen molar-refractivity contribution in [3.63, 3.8) is 0 Å². The summed E-state index contributed by atoms with van der Waals surface area (Å²) in [6.07, 6.45) is 3.98. The Labute approximate surface area is 132 Å². The van der Waals surface area contributed by atoms with E-state index in [-0.39, 0.29) is 5.41 Å². The van der Waals surface area contributed by atoms with Crippen molar-refractivity contribution in [1.82, 2.24) is 4.98 Å². The number of hydrogen-bond donors (Lipinski definition) is 0. The third-order valence-electron chi connectivity index (χ3n) is 4.36. The Morgan fingerprint density at radius 1 is 1.21 bits per heavy atom. The molecule has 19 heavy (non-hydrogen) atoms. The first-order chi connectivity index (χ1) is 9.15. The summed E-state index contributed by atoms with van der Waals surface area (Å²) >= 11 is 8.90. The van der Waals surface area contributed by atoms with Crippen molar-refractivity contribution in [3.8, 4) is 11.3 Å². The Kier molecular flexibility index (Phi) is 3.34. The van der Waals surface area contributed by atoms with Gasteiger partial charge in [-0.1, -0.05) is 49.7 Å². The maximum absolute atomic E-state index is 6.62. The van der Waals surface area contributed by atoms with Gasteiger partial charge in [-0.15, -0.1) is 0 Å². The van der Waals surface area contributed by atoms with E-state index in [0.29, 0.717) is 0 Å². The Bertz CT molecular complexity index is 647. The van der Waals surface area contributed by atoms with E-state index in [4.69, 9.17) is 11.6 Å². The zero-order valence-electron chi connectivity index (χ0n) is 11.0. The second-order valence-corrected chi connectivity index (χ2v) is 6.52. The summed E-state index contributed by atoms with van der Waals surface area (Å²) in [6, 6.07) is 8.59. The standard InChI is InChI=1S/C16H15ClIN/c1-3-16(4-2)11-8-6-5-7-10(11)15-13(16)14(17)12(18)9-19-15/h5-9H,3-4H2,1-2H3. The maximum Gasteiger partial charge on any atom is 0.0761 e. The second kappa shape index (κ2) is 4.74. The first-order valence-corrected chi connectivity index (χ1v) is 8.05. The topological polar surface area (TPSA) is 12.9 Å². The van der Waals surface area contributed by atoms with Crippen LogP contribution in [0.5, 0.6) is 0 Å². The van der Waals surface area contributed by atoms with Gasteiger partial charge in [-0.25, -0.2) is 0 Å². The predicted molar refractivity (Wildman–Crippen MR) is 88.8 cm³/mol. The summed E-state index contributed by atoms with van der Waals surface area (Å²) in [5.41, 5.74) is 4.96. The predicted octanol–water partition coefficient (Wildman–Crippen LogP) is 5.43. The number of pyridine rings is 1. The first kappa shape index (κ1) is 13.4. The smallest absolute Gasteiger partial charge is 0.0761 e. The van der Waals surface area contributed by atoms with Gasteiger partial charge in [0.15, 0.2) is 0 Å². The van der Waals surface area contributed by atoms with Crippen molar-refractivity contribution in [1.29, 1.82) is 0 Å². The molecule has 3 heteroatoms. The summed E-state index contributed by atoms with van der Waals surface area (Å²) in [6.45, 7) is 4.48. The van der Waals surface area contributed by atoms with E-state index in [1.54, 1.807) is 0 Å². The van der Waals surface area contributed by atoms with Crippen molar-refractivity contribution in [2.24, 2.45) is 0 Å². The number of benzene rings is 1. The molecule has 1 heterocycles. The maximum atomic E-state index is 6.62. The molecule has 0 amide bonds. The quantitative estimate of drug-likeness (QED) is 0.630. The van der Waals surface area contributed by atoms with Crippen molar-refractivity contribution in [2.45, 2.75) is 32.1 Å². The van der Waals surface area contributed by atoms with Crippen LogP contribution in [0.2, 0.25) is 5.02 Å². The minimum absolute atomic E-state index is 0.0250. The fourth-order valence-corrected chi connectivity index (χ4v) is 4.06. The highest BCUT2D eigenvalue weighted by Gasteiger charge is 2.43. The second-order valence-electron chi connectivity index (χ2n) is 4.98. The molecule has 0 unspecified atom stereocenters. The van der Waals surface area contributed by atoms with Crippen LogP contribution in [0.15, 0.2) is 30.5 Å². The SMILES string of the molecule is CCC1(CC)c2ccccc2-c2ncc(I)c(Cl)c21. The van der Waals surface area contributed by atoms with Gasteiger partial charge < -0.3 is 0 Å². The number of fused-ring (bicyclic) bond motifs is 3. The molecule has 0 N–H and O–H groups in total. The third-order valence-corrected chi connectivity index (χ3v) is 5.89. The lowest BCUT2D eigenvalue weighted by Gasteiger charge is -2.30. The monoisotopic (exact) mass is 383 g/mol. The highest BCUT2D eigenvalue weighted by Crippen LogP contribution is 2.54. The molecular weight excluding hydrogens is 369 g/mol. The fraction of sp³-hybridized carbons (Fsp3) is 0.312. The summed E-state index contributed by atoms with van der Waals surface area (Å²) in [5, 5.41) is 0.880. The van der Waals surface area contributed by atoms with Gasteiger partial charge in [-0.3, -0.25) is 4.98 Å². The van der Waals surface area contributed by atoms with Crippen LogP contribution in [0.25, 0.3) is 11.3 Å². The van der Waals surface area contributed by atoms with E-state index in [1.807, 2.05) is 6.20 Å². The van der Waals surface area contributed by atoms with E-state index in [0.717, 1.165) is 27.1 Å². The van der Waals surface area contributed by atoms with E-state index in [1.165, 1.54) is 16.7 Å². The van der Waals surface area contributed by atoms with Crippen LogP contribution in [0.1, 0.15) is 37.8 Å². The molecule has 0 atom stereocenters. The van der Waals surface area contributed by atoms with Crippen LogP contribution in [0, 0.1) is 3.57 Å². The van der Waals surface area contributed by atoms with Crippen LogP contribution in [-0.2, 0) is 5.41 Å². The molecule has 0 saturated carbocycles. The van der Waals surface area contributed by atoms with Crippen molar-refractivity contribution in [3.05, 3.63) is 50.2 Å². The first-order valence-electron chi connectivity index (χ1n) is 6.60. The highest BCUT2D eigenvalue weighted by atomic mass is 127. The summed E-state index contributed by atoms with van der Waals surface area (Å²) in [5.74, 6) is 0. The molecule has 0 aliphatic heterocycles. The summed E-state index contributed by atoms with van der Waals surface area (Å²) in [7, 11) is 0. The van der Waals surface area contributed by atoms with Gasteiger partial charge >= 0.3 is 0 Å². The summed E-state index contributed by atoms with van der Waals surface area (Å²) in [4.78, 5) is 4.66. The van der Waals surface area contributed by atoms with E-state index in [9.17, 15) is 0 Å². The zero-order chi connectivity index (χ0) is 13.6. The van der Waals surface area contributed by atoms with Crippen LogP contribution in [0.3, 0.4) is 0 Å². The van der Waals surface area contributed by atoms with Crippen LogP contribution < -0.4 is 0 Å². The number of hydrogen-bond acceptors (Lipinski definition) is 1. The molecule has 0 radical (unpaired) electrons. The molecule has 1 aliphatic rings. The van der Waals surface area contributed by atoms with E-state index >= 15 is 0 Å². The Morgan fingerprint density at radius 2 is 1.89 bits per heavy atom. The molecule has 1 aromatic heterocycles. The van der Waals surface area contributed by atoms with Crippen LogP contribution in [-0.4, -0.2) is 4.98 Å². The molecule has 98 valence electrons. The Morgan fingerprint density at radius 3 is 2.58 bits per heavy atom. The van der Waals surface area contributed by atoms with E-state index in [2.05, 4.69) is 65.7 Å². The van der Waals surface area contributed by atoms with Crippen LogP contribution >= 0.6 is 34.2 Å². The van der Waals surface area contributed by atoms with Crippen LogP contribution in [0.4, 0.5) is 0 Å². The number of rotatable bonds is 2. The normalized spacial score (nSPS) is 15.2. The fourth-order valence-electron chi connectivity index (χ4n) is 3.33. The molecular formula is C16H15ClIN. The molecule has 1 nitrogen and oxygen atoms in total. The lowest BCUT2D eigenvalue weighted by atomic mass is 9.74. The molecule has 3 rings (SSSR count). The molecule has 0 spiro atoms.